The van der Waals surface area contributed by atoms with Crippen LogP contribution >= 0.6 is 0 Å². The molecule has 0 aromatic carbocycles. The lowest BCUT2D eigenvalue weighted by atomic mass is 10.2. The van der Waals surface area contributed by atoms with Gasteiger partial charge in [-0.1, -0.05) is 0 Å². The first-order chi connectivity index (χ1) is 5.81. The highest BCUT2D eigenvalue weighted by atomic mass is 16.1. The molecule has 2 rings (SSSR count). The van der Waals surface area contributed by atoms with Gasteiger partial charge in [0, 0.05) is 6.20 Å². The molecule has 0 radical (unpaired) electrons. The summed E-state index contributed by atoms with van der Waals surface area (Å²) in [6.45, 7) is 0. The van der Waals surface area contributed by atoms with E-state index in [1.807, 2.05) is 6.07 Å². The lowest BCUT2D eigenvalue weighted by Gasteiger charge is -1.97. The summed E-state index contributed by atoms with van der Waals surface area (Å²) < 4.78 is 0. The summed E-state index contributed by atoms with van der Waals surface area (Å²) in [5, 5.41) is 11.2. The maximum absolute atomic E-state index is 10.9. The van der Waals surface area contributed by atoms with Crippen LogP contribution in [0.2, 0.25) is 0 Å². The number of carbonyl (C=O) groups excluding carboxylic acids is 1. The quantitative estimate of drug-likeness (QED) is 0.597. The van der Waals surface area contributed by atoms with Gasteiger partial charge in [0.15, 0.2) is 5.69 Å². The number of anilines is 1. The van der Waals surface area contributed by atoms with Crippen molar-refractivity contribution < 1.29 is 4.79 Å². The molecule has 0 unspecified atom stereocenters. The number of pyridine rings is 1. The number of hydrogen-bond donors (Lipinski definition) is 1. The number of nitrogens with one attached hydrogen (secondary N) is 1. The number of aromatic nitrogens is 1. The van der Waals surface area contributed by atoms with Crippen LogP contribution in [-0.4, -0.2) is 10.9 Å². The van der Waals surface area contributed by atoms with E-state index in [1.165, 1.54) is 6.20 Å². The largest absolute Gasteiger partial charge is 0.323 e. The van der Waals surface area contributed by atoms with Gasteiger partial charge in [-0.3, -0.25) is 4.79 Å². The van der Waals surface area contributed by atoms with Crippen LogP contribution in [0.5, 0.6) is 0 Å². The van der Waals surface area contributed by atoms with Gasteiger partial charge in [-0.05, 0) is 11.6 Å². The summed E-state index contributed by atoms with van der Waals surface area (Å²) in [7, 11) is 0. The summed E-state index contributed by atoms with van der Waals surface area (Å²) in [4.78, 5) is 14.7. The Balaban J connectivity index is 2.60. The number of rotatable bonds is 0. The Morgan fingerprint density at radius 1 is 1.67 bits per heavy atom. The zero-order valence-electron chi connectivity index (χ0n) is 6.16. The third-order valence-corrected chi connectivity index (χ3v) is 1.76. The fourth-order valence-corrected chi connectivity index (χ4v) is 1.23. The van der Waals surface area contributed by atoms with Crippen molar-refractivity contribution >= 4 is 11.6 Å². The molecule has 0 fully saturated rings. The van der Waals surface area contributed by atoms with Crippen LogP contribution in [0.1, 0.15) is 11.3 Å². The average Bonchev–Trinajstić information content (AvgIpc) is 2.44. The number of hydrogen-bond acceptors (Lipinski definition) is 3. The van der Waals surface area contributed by atoms with Crippen LogP contribution in [0.15, 0.2) is 12.3 Å². The Morgan fingerprint density at radius 3 is 3.25 bits per heavy atom. The fraction of sp³-hybridized carbons (Fsp3) is 0.125. The summed E-state index contributed by atoms with van der Waals surface area (Å²) in [5.41, 5.74) is 1.72. The maximum Gasteiger partial charge on any atom is 0.228 e. The normalized spacial score (nSPS) is 13.4. The van der Waals surface area contributed by atoms with Crippen molar-refractivity contribution in [3.05, 3.63) is 23.5 Å². The minimum absolute atomic E-state index is 0.0745. The first-order valence-corrected chi connectivity index (χ1v) is 3.49. The van der Waals surface area contributed by atoms with Crippen LogP contribution in [0.25, 0.3) is 0 Å². The molecule has 4 heteroatoms. The van der Waals surface area contributed by atoms with E-state index in [2.05, 4.69) is 10.3 Å². The zero-order chi connectivity index (χ0) is 8.55. The monoisotopic (exact) mass is 159 g/mol. The van der Waals surface area contributed by atoms with Gasteiger partial charge in [-0.2, -0.15) is 5.26 Å². The van der Waals surface area contributed by atoms with Gasteiger partial charge in [0.05, 0.1) is 12.1 Å². The van der Waals surface area contributed by atoms with E-state index in [9.17, 15) is 4.79 Å². The van der Waals surface area contributed by atoms with Crippen molar-refractivity contribution in [1.82, 2.24) is 4.98 Å². The van der Waals surface area contributed by atoms with Gasteiger partial charge in [0.1, 0.15) is 6.07 Å². The summed E-state index contributed by atoms with van der Waals surface area (Å²) >= 11 is 0. The standard InChI is InChI=1S/C8H5N3O/c9-4-6-8-5(1-2-10-6)3-7(12)11-8/h1-2H,3H2,(H,11,12). The van der Waals surface area contributed by atoms with Crippen LogP contribution in [0.4, 0.5) is 5.69 Å². The molecule has 1 N–H and O–H groups in total. The summed E-state index contributed by atoms with van der Waals surface area (Å²) in [5.74, 6) is -0.0745. The molecule has 12 heavy (non-hydrogen) atoms. The minimum atomic E-state index is -0.0745. The molecule has 2 heterocycles. The van der Waals surface area contributed by atoms with Gasteiger partial charge in [0.2, 0.25) is 5.91 Å². The van der Waals surface area contributed by atoms with Crippen molar-refractivity contribution in [2.24, 2.45) is 0 Å². The summed E-state index contributed by atoms with van der Waals surface area (Å²) in [6, 6.07) is 3.67. The molecule has 1 aliphatic rings. The molecule has 0 saturated heterocycles. The van der Waals surface area contributed by atoms with Crippen molar-refractivity contribution in [3.63, 3.8) is 0 Å². The average molecular weight is 159 g/mol. The Labute approximate surface area is 68.8 Å². The number of fused-ring (bicyclic) bond motifs is 1. The second-order valence-electron chi connectivity index (χ2n) is 2.53. The van der Waals surface area contributed by atoms with Crippen molar-refractivity contribution in [2.75, 3.05) is 5.32 Å². The number of nitrogens with zero attached hydrogens (tertiary/aromatic N) is 2. The van der Waals surface area contributed by atoms with Crippen molar-refractivity contribution in [2.45, 2.75) is 6.42 Å². The maximum atomic E-state index is 10.9. The lowest BCUT2D eigenvalue weighted by molar-refractivity contribution is -0.115. The third-order valence-electron chi connectivity index (χ3n) is 1.76. The second kappa shape index (κ2) is 2.31. The molecule has 1 aromatic heterocycles. The Morgan fingerprint density at radius 2 is 2.50 bits per heavy atom. The molecule has 1 amide bonds. The minimum Gasteiger partial charge on any atom is -0.323 e. The highest BCUT2D eigenvalue weighted by molar-refractivity contribution is 6.00. The van der Waals surface area contributed by atoms with E-state index < -0.39 is 0 Å². The van der Waals surface area contributed by atoms with Gasteiger partial charge in [-0.25, -0.2) is 4.98 Å². The van der Waals surface area contributed by atoms with E-state index in [1.54, 1.807) is 6.07 Å². The van der Waals surface area contributed by atoms with E-state index in [4.69, 9.17) is 5.26 Å². The first kappa shape index (κ1) is 6.80. The van der Waals surface area contributed by atoms with Crippen LogP contribution in [-0.2, 0) is 11.2 Å². The highest BCUT2D eigenvalue weighted by Crippen LogP contribution is 2.24. The second-order valence-corrected chi connectivity index (χ2v) is 2.53. The highest BCUT2D eigenvalue weighted by Gasteiger charge is 2.20. The van der Waals surface area contributed by atoms with Gasteiger partial charge >= 0.3 is 0 Å². The molecule has 1 aromatic rings. The first-order valence-electron chi connectivity index (χ1n) is 3.49. The molecule has 0 atom stereocenters. The number of carbonyl (C=O) groups is 1. The molecule has 0 spiro atoms. The Bertz CT molecular complexity index is 392. The molecule has 0 saturated carbocycles. The molecule has 4 nitrogen and oxygen atoms in total. The van der Waals surface area contributed by atoms with E-state index >= 15 is 0 Å². The molecular formula is C8H5N3O. The summed E-state index contributed by atoms with van der Waals surface area (Å²) in [6.07, 6.45) is 1.89. The third kappa shape index (κ3) is 0.839. The zero-order valence-corrected chi connectivity index (χ0v) is 6.16. The van der Waals surface area contributed by atoms with Crippen molar-refractivity contribution in [3.8, 4) is 6.07 Å². The smallest absolute Gasteiger partial charge is 0.228 e. The van der Waals surface area contributed by atoms with Crippen LogP contribution in [0, 0.1) is 11.3 Å². The van der Waals surface area contributed by atoms with Crippen LogP contribution in [0.3, 0.4) is 0 Å². The predicted octanol–water partition coefficient (Wildman–Crippen LogP) is 0.448. The van der Waals surface area contributed by atoms with Gasteiger partial charge in [-0.15, -0.1) is 0 Å². The molecule has 58 valence electrons. The molecular weight excluding hydrogens is 154 g/mol. The van der Waals surface area contributed by atoms with Gasteiger partial charge < -0.3 is 5.32 Å². The topological polar surface area (TPSA) is 65.8 Å². The van der Waals surface area contributed by atoms with E-state index in [0.29, 0.717) is 17.8 Å². The lowest BCUT2D eigenvalue weighted by Crippen LogP contribution is -2.04. The number of amides is 1. The van der Waals surface area contributed by atoms with E-state index in [-0.39, 0.29) is 5.91 Å². The van der Waals surface area contributed by atoms with Gasteiger partial charge in [0.25, 0.3) is 0 Å². The SMILES string of the molecule is N#Cc1nccc2c1NC(=O)C2. The molecule has 1 aliphatic heterocycles. The van der Waals surface area contributed by atoms with E-state index in [0.717, 1.165) is 5.56 Å². The number of nitriles is 1. The predicted molar refractivity (Wildman–Crippen MR) is 41.3 cm³/mol. The Kier molecular flexibility index (Phi) is 1.31. The van der Waals surface area contributed by atoms with Crippen molar-refractivity contribution in [1.29, 1.82) is 5.26 Å². The Hall–Kier alpha value is -1.89. The molecule has 0 bridgehead atoms. The molecule has 0 aliphatic carbocycles. The van der Waals surface area contributed by atoms with Crippen LogP contribution < -0.4 is 5.32 Å². The fourth-order valence-electron chi connectivity index (χ4n) is 1.23.